The Morgan fingerprint density at radius 2 is 0.912 bits per heavy atom. The molecule has 0 aliphatic heterocycles. The average Bonchev–Trinajstić information content (AvgIpc) is 2.86. The van der Waals surface area contributed by atoms with Gasteiger partial charge in [0.15, 0.2) is 0 Å². The van der Waals surface area contributed by atoms with E-state index in [9.17, 15) is 4.57 Å². The monoisotopic (exact) mass is 476 g/mol. The van der Waals surface area contributed by atoms with Crippen molar-refractivity contribution < 1.29 is 13.6 Å². The highest BCUT2D eigenvalue weighted by molar-refractivity contribution is 7.34. The number of nitrogen functional groups attached to an aromatic ring is 2. The maximum atomic E-state index is 13.5. The molecular weight excluding hydrogens is 443 g/mol. The number of fused-ring (bicyclic) bond motifs is 2. The Labute approximate surface area is 202 Å². The van der Waals surface area contributed by atoms with Gasteiger partial charge in [-0.25, -0.2) is 4.57 Å². The van der Waals surface area contributed by atoms with Crippen LogP contribution in [0.2, 0.25) is 0 Å². The van der Waals surface area contributed by atoms with Crippen molar-refractivity contribution in [1.29, 1.82) is 0 Å². The molecular formula is C28H33N2O3P. The van der Waals surface area contributed by atoms with Gasteiger partial charge in [0.1, 0.15) is 11.5 Å². The first-order chi connectivity index (χ1) is 16.5. The summed E-state index contributed by atoms with van der Waals surface area (Å²) in [6.07, 6.45) is 2.96. The van der Waals surface area contributed by atoms with Crippen LogP contribution in [0.1, 0.15) is 49.9 Å². The van der Waals surface area contributed by atoms with Crippen LogP contribution in [0.5, 0.6) is 11.5 Å². The second-order valence-corrected chi connectivity index (χ2v) is 9.27. The van der Waals surface area contributed by atoms with Gasteiger partial charge in [-0.2, -0.15) is 0 Å². The van der Waals surface area contributed by atoms with E-state index in [0.717, 1.165) is 68.0 Å². The Bertz CT molecular complexity index is 1290. The largest absolute Gasteiger partial charge is 0.419 e. The van der Waals surface area contributed by atoms with E-state index in [1.54, 1.807) is 0 Å². The van der Waals surface area contributed by atoms with Crippen molar-refractivity contribution in [2.45, 2.75) is 53.4 Å². The standard InChI is InChI=1S/C28H33N2O3P/c1-5-17-19(7-3)27(23-15-11-9-13-21(23)25(17)29)32-34(31)33-28-20(8-4)18(6-2)26(30)22-14-10-12-16-24(22)28/h9-16,34H,5-8,29-30H2,1-4H3. The highest BCUT2D eigenvalue weighted by atomic mass is 31.1. The molecule has 0 amide bonds. The van der Waals surface area contributed by atoms with Crippen LogP contribution < -0.4 is 20.5 Å². The van der Waals surface area contributed by atoms with Gasteiger partial charge in [0, 0.05) is 44.0 Å². The summed E-state index contributed by atoms with van der Waals surface area (Å²) >= 11 is 0. The van der Waals surface area contributed by atoms with Crippen LogP contribution in [0.15, 0.2) is 48.5 Å². The summed E-state index contributed by atoms with van der Waals surface area (Å²) in [6.45, 7) is 8.26. The van der Waals surface area contributed by atoms with Gasteiger partial charge in [-0.05, 0) is 36.8 Å². The molecule has 0 aromatic heterocycles. The van der Waals surface area contributed by atoms with Gasteiger partial charge in [-0.1, -0.05) is 76.2 Å². The fourth-order valence-corrected chi connectivity index (χ4v) is 5.90. The lowest BCUT2D eigenvalue weighted by atomic mass is 9.94. The molecule has 5 nitrogen and oxygen atoms in total. The van der Waals surface area contributed by atoms with Crippen LogP contribution in [0, 0.1) is 0 Å². The Morgan fingerprint density at radius 1 is 0.588 bits per heavy atom. The predicted octanol–water partition coefficient (Wildman–Crippen LogP) is 7.25. The Hall–Kier alpha value is -3.17. The lowest BCUT2D eigenvalue weighted by Gasteiger charge is -2.22. The van der Waals surface area contributed by atoms with Gasteiger partial charge in [0.25, 0.3) is 0 Å². The molecule has 0 unspecified atom stereocenters. The number of nitrogens with two attached hydrogens (primary N) is 2. The van der Waals surface area contributed by atoms with Crippen molar-refractivity contribution in [3.63, 3.8) is 0 Å². The minimum absolute atomic E-state index is 0.599. The van der Waals surface area contributed by atoms with E-state index in [4.69, 9.17) is 20.5 Å². The van der Waals surface area contributed by atoms with Crippen LogP contribution in [0.4, 0.5) is 11.4 Å². The van der Waals surface area contributed by atoms with Crippen molar-refractivity contribution in [3.8, 4) is 11.5 Å². The zero-order valence-corrected chi connectivity index (χ0v) is 21.3. The first-order valence-corrected chi connectivity index (χ1v) is 13.2. The van der Waals surface area contributed by atoms with Gasteiger partial charge in [-0.15, -0.1) is 0 Å². The van der Waals surface area contributed by atoms with Crippen LogP contribution in [0.25, 0.3) is 21.5 Å². The van der Waals surface area contributed by atoms with Crippen LogP contribution in [-0.2, 0) is 30.2 Å². The molecule has 0 spiro atoms. The molecule has 0 bridgehead atoms. The number of anilines is 2. The Kier molecular flexibility index (Phi) is 7.04. The minimum atomic E-state index is -2.95. The summed E-state index contributed by atoms with van der Waals surface area (Å²) in [5, 5.41) is 3.51. The molecule has 4 rings (SSSR count). The summed E-state index contributed by atoms with van der Waals surface area (Å²) in [6, 6.07) is 15.7. The van der Waals surface area contributed by atoms with Gasteiger partial charge >= 0.3 is 8.25 Å². The number of benzene rings is 4. The third kappa shape index (κ3) is 3.99. The van der Waals surface area contributed by atoms with Gasteiger partial charge in [0.05, 0.1) is 0 Å². The summed E-state index contributed by atoms with van der Waals surface area (Å²) in [5.41, 5.74) is 18.6. The second kappa shape index (κ2) is 9.99. The van der Waals surface area contributed by atoms with Crippen molar-refractivity contribution in [3.05, 3.63) is 70.8 Å². The smallest absolute Gasteiger partial charge is 0.417 e. The molecule has 0 aliphatic rings. The molecule has 6 heteroatoms. The van der Waals surface area contributed by atoms with Gasteiger partial charge < -0.3 is 20.5 Å². The van der Waals surface area contributed by atoms with E-state index in [2.05, 4.69) is 27.7 Å². The lowest BCUT2D eigenvalue weighted by Crippen LogP contribution is -2.05. The fraction of sp³-hybridized carbons (Fsp3) is 0.286. The van der Waals surface area contributed by atoms with Gasteiger partial charge in [-0.3, -0.25) is 0 Å². The first kappa shape index (κ1) is 24.0. The molecule has 4 N–H and O–H groups in total. The summed E-state index contributed by atoms with van der Waals surface area (Å²) in [7, 11) is -2.95. The zero-order chi connectivity index (χ0) is 24.4. The molecule has 34 heavy (non-hydrogen) atoms. The van der Waals surface area contributed by atoms with Crippen molar-refractivity contribution in [2.75, 3.05) is 11.5 Å². The molecule has 0 radical (unpaired) electrons. The van der Waals surface area contributed by atoms with E-state index in [0.29, 0.717) is 24.3 Å². The van der Waals surface area contributed by atoms with Gasteiger partial charge in [0.2, 0.25) is 0 Å². The van der Waals surface area contributed by atoms with Crippen LogP contribution in [0.3, 0.4) is 0 Å². The highest BCUT2D eigenvalue weighted by Crippen LogP contribution is 2.46. The first-order valence-electron chi connectivity index (χ1n) is 12.0. The molecule has 4 aromatic rings. The predicted molar refractivity (Wildman–Crippen MR) is 144 cm³/mol. The van der Waals surface area contributed by atoms with E-state index < -0.39 is 8.25 Å². The minimum Gasteiger partial charge on any atom is -0.417 e. The maximum absolute atomic E-state index is 13.5. The van der Waals surface area contributed by atoms with Crippen LogP contribution >= 0.6 is 8.25 Å². The summed E-state index contributed by atoms with van der Waals surface area (Å²) in [4.78, 5) is 0. The summed E-state index contributed by atoms with van der Waals surface area (Å²) in [5.74, 6) is 1.20. The van der Waals surface area contributed by atoms with Crippen molar-refractivity contribution in [1.82, 2.24) is 0 Å². The Balaban J connectivity index is 1.84. The molecule has 0 heterocycles. The topological polar surface area (TPSA) is 87.6 Å². The number of hydrogen-bond acceptors (Lipinski definition) is 5. The SMILES string of the molecule is CCc1c(CC)c(O[PH](=O)Oc2c(CC)c(CC)c(N)c3ccccc23)c2ccccc2c1N. The molecule has 0 aliphatic carbocycles. The molecule has 0 atom stereocenters. The van der Waals surface area contributed by atoms with E-state index in [1.165, 1.54) is 0 Å². The third-order valence-corrected chi connectivity index (χ3v) is 7.38. The number of hydrogen-bond donors (Lipinski definition) is 2. The second-order valence-electron chi connectivity index (χ2n) is 8.36. The van der Waals surface area contributed by atoms with E-state index >= 15 is 0 Å². The quantitative estimate of drug-likeness (QED) is 0.206. The average molecular weight is 477 g/mol. The third-order valence-electron chi connectivity index (χ3n) is 6.64. The van der Waals surface area contributed by atoms with E-state index in [1.807, 2.05) is 48.5 Å². The molecule has 4 aromatic carbocycles. The maximum Gasteiger partial charge on any atom is 0.419 e. The van der Waals surface area contributed by atoms with Crippen molar-refractivity contribution >= 4 is 41.2 Å². The molecule has 0 saturated carbocycles. The zero-order valence-electron chi connectivity index (χ0n) is 20.3. The molecule has 0 fully saturated rings. The summed E-state index contributed by atoms with van der Waals surface area (Å²) < 4.78 is 25.7. The fourth-order valence-electron chi connectivity index (χ4n) is 5.06. The van der Waals surface area contributed by atoms with E-state index in [-0.39, 0.29) is 0 Å². The highest BCUT2D eigenvalue weighted by Gasteiger charge is 2.22. The normalized spacial score (nSPS) is 11.4. The molecule has 178 valence electrons. The van der Waals surface area contributed by atoms with Crippen LogP contribution in [-0.4, -0.2) is 0 Å². The lowest BCUT2D eigenvalue weighted by molar-refractivity contribution is 0.415. The van der Waals surface area contributed by atoms with Crippen molar-refractivity contribution in [2.24, 2.45) is 0 Å². The Morgan fingerprint density at radius 3 is 1.24 bits per heavy atom. The molecule has 0 saturated heterocycles. The number of rotatable bonds is 8.